The average Bonchev–Trinajstić information content (AvgIpc) is 3.28. The number of nitrogens with one attached hydrogen (secondary N) is 1. The summed E-state index contributed by atoms with van der Waals surface area (Å²) in [5, 5.41) is 2.14. The molecule has 4 rings (SSSR count). The first-order valence-corrected chi connectivity index (χ1v) is 12.4. The van der Waals surface area contributed by atoms with Gasteiger partial charge in [0.1, 0.15) is 5.82 Å². The van der Waals surface area contributed by atoms with Crippen LogP contribution in [0.25, 0.3) is 17.1 Å². The summed E-state index contributed by atoms with van der Waals surface area (Å²) in [6.07, 6.45) is 2.89. The largest absolute Gasteiger partial charge is 0.353 e. The number of benzene rings is 1. The van der Waals surface area contributed by atoms with Crippen molar-refractivity contribution >= 4 is 15.7 Å². The number of hydrogen-bond donors (Lipinski definition) is 1. The van der Waals surface area contributed by atoms with Crippen molar-refractivity contribution in [3.8, 4) is 17.1 Å². The van der Waals surface area contributed by atoms with E-state index < -0.39 is 39.9 Å². The van der Waals surface area contributed by atoms with E-state index in [1.165, 1.54) is 42.7 Å². The number of hydrogen-bond acceptors (Lipinski definition) is 8. The van der Waals surface area contributed by atoms with Crippen molar-refractivity contribution in [2.24, 2.45) is 5.41 Å². The summed E-state index contributed by atoms with van der Waals surface area (Å²) >= 11 is 0. The van der Waals surface area contributed by atoms with Crippen molar-refractivity contribution in [2.75, 3.05) is 32.7 Å². The van der Waals surface area contributed by atoms with E-state index in [0.29, 0.717) is 17.2 Å². The molecule has 3 heterocycles. The van der Waals surface area contributed by atoms with Gasteiger partial charge < -0.3 is 14.8 Å². The molecular weight excluding hydrogens is 484 g/mol. The molecule has 0 unspecified atom stereocenters. The summed E-state index contributed by atoms with van der Waals surface area (Å²) in [4.78, 5) is 23.7. The maximum Gasteiger partial charge on any atom is 0.251 e. The summed E-state index contributed by atoms with van der Waals surface area (Å²) in [5.74, 6) is -0.834. The molecule has 1 saturated heterocycles. The van der Waals surface area contributed by atoms with E-state index >= 15 is 0 Å². The van der Waals surface area contributed by atoms with Crippen molar-refractivity contribution in [3.63, 3.8) is 0 Å². The summed E-state index contributed by atoms with van der Waals surface area (Å²) in [6, 6.07) is 7.14. The van der Waals surface area contributed by atoms with Gasteiger partial charge in [-0.25, -0.2) is 32.2 Å². The van der Waals surface area contributed by atoms with Gasteiger partial charge in [-0.1, -0.05) is 6.92 Å². The molecule has 3 aromatic rings. The van der Waals surface area contributed by atoms with Gasteiger partial charge in [0, 0.05) is 30.1 Å². The third kappa shape index (κ3) is 5.52. The lowest BCUT2D eigenvalue weighted by atomic mass is 9.92. The molecule has 1 aliphatic heterocycles. The van der Waals surface area contributed by atoms with Crippen molar-refractivity contribution in [3.05, 3.63) is 54.4 Å². The number of sulfone groups is 1. The standard InChI is InChI=1S/C22H23F2N5O5S/c1-22(11-27-18(30)9-23)12-33-20(34-13-22)19-26-10-17(29(19)15-5-3-14(24)4-6-15)16-7-8-25-21(28-16)35(2,31)32/h3-8,10,20H,9,11-13H2,1-2H3,(H,27,30). The summed E-state index contributed by atoms with van der Waals surface area (Å²) in [7, 11) is -3.66. The minimum Gasteiger partial charge on any atom is -0.353 e. The second kappa shape index (κ2) is 9.76. The number of nitrogens with zero attached hydrogens (tertiary/aromatic N) is 4. The molecule has 1 amide bonds. The molecule has 35 heavy (non-hydrogen) atoms. The molecule has 1 fully saturated rings. The molecule has 0 spiro atoms. The first-order chi connectivity index (χ1) is 16.6. The number of halogens is 2. The molecule has 0 radical (unpaired) electrons. The molecule has 1 aliphatic rings. The number of ether oxygens (including phenoxy) is 2. The van der Waals surface area contributed by atoms with Gasteiger partial charge >= 0.3 is 0 Å². The molecule has 186 valence electrons. The highest BCUT2D eigenvalue weighted by atomic mass is 32.2. The van der Waals surface area contributed by atoms with Gasteiger partial charge in [0.2, 0.25) is 21.3 Å². The predicted octanol–water partition coefficient (Wildman–Crippen LogP) is 2.01. The highest BCUT2D eigenvalue weighted by Crippen LogP contribution is 2.34. The van der Waals surface area contributed by atoms with Gasteiger partial charge in [0.25, 0.3) is 5.91 Å². The Morgan fingerprint density at radius 1 is 1.20 bits per heavy atom. The highest BCUT2D eigenvalue weighted by molar-refractivity contribution is 7.90. The van der Waals surface area contributed by atoms with E-state index in [4.69, 9.17) is 9.47 Å². The van der Waals surface area contributed by atoms with Gasteiger partial charge in [-0.2, -0.15) is 0 Å². The zero-order valence-electron chi connectivity index (χ0n) is 18.9. The fourth-order valence-electron chi connectivity index (χ4n) is 3.49. The molecule has 1 aromatic carbocycles. The Morgan fingerprint density at radius 2 is 1.89 bits per heavy atom. The molecular formula is C22H23F2N5O5S. The van der Waals surface area contributed by atoms with Crippen molar-refractivity contribution in [2.45, 2.75) is 18.4 Å². The highest BCUT2D eigenvalue weighted by Gasteiger charge is 2.36. The molecule has 0 saturated carbocycles. The zero-order chi connectivity index (χ0) is 25.2. The van der Waals surface area contributed by atoms with Crippen LogP contribution >= 0.6 is 0 Å². The number of imidazole rings is 1. The van der Waals surface area contributed by atoms with Crippen LogP contribution in [0.2, 0.25) is 0 Å². The summed E-state index contributed by atoms with van der Waals surface area (Å²) < 4.78 is 63.4. The lowest BCUT2D eigenvalue weighted by molar-refractivity contribution is -0.232. The van der Waals surface area contributed by atoms with Crippen LogP contribution in [0.4, 0.5) is 8.78 Å². The minimum absolute atomic E-state index is 0.162. The van der Waals surface area contributed by atoms with Crippen LogP contribution in [0.1, 0.15) is 19.0 Å². The number of amides is 1. The molecule has 2 aromatic heterocycles. The Labute approximate surface area is 200 Å². The van der Waals surface area contributed by atoms with Crippen molar-refractivity contribution in [1.29, 1.82) is 0 Å². The minimum atomic E-state index is -3.66. The molecule has 0 atom stereocenters. The van der Waals surface area contributed by atoms with Gasteiger partial charge in [-0.15, -0.1) is 0 Å². The Morgan fingerprint density at radius 3 is 2.51 bits per heavy atom. The molecule has 0 aliphatic carbocycles. The fourth-order valence-corrected chi connectivity index (χ4v) is 4.01. The van der Waals surface area contributed by atoms with Crippen LogP contribution in [0.3, 0.4) is 0 Å². The Balaban J connectivity index is 1.68. The quantitative estimate of drug-likeness (QED) is 0.482. The van der Waals surface area contributed by atoms with E-state index in [9.17, 15) is 22.0 Å². The first-order valence-electron chi connectivity index (χ1n) is 10.5. The van der Waals surface area contributed by atoms with Crippen molar-refractivity contribution < 1.29 is 31.5 Å². The van der Waals surface area contributed by atoms with Gasteiger partial charge in [0.15, 0.2) is 12.5 Å². The fraction of sp³-hybridized carbons (Fsp3) is 0.364. The predicted molar refractivity (Wildman–Crippen MR) is 119 cm³/mol. The molecule has 10 nitrogen and oxygen atoms in total. The molecule has 0 bridgehead atoms. The third-order valence-corrected chi connectivity index (χ3v) is 6.17. The first kappa shape index (κ1) is 24.8. The maximum absolute atomic E-state index is 13.6. The van der Waals surface area contributed by atoms with Crippen LogP contribution in [-0.4, -0.2) is 66.5 Å². The summed E-state index contributed by atoms with van der Waals surface area (Å²) in [6.45, 7) is 1.24. The van der Waals surface area contributed by atoms with Crippen LogP contribution in [-0.2, 0) is 24.1 Å². The van der Waals surface area contributed by atoms with E-state index in [0.717, 1.165) is 6.26 Å². The average molecular weight is 508 g/mol. The third-order valence-electron chi connectivity index (χ3n) is 5.31. The van der Waals surface area contributed by atoms with E-state index in [1.54, 1.807) is 4.57 Å². The number of carbonyl (C=O) groups excluding carboxylic acids is 1. The van der Waals surface area contributed by atoms with Crippen molar-refractivity contribution in [1.82, 2.24) is 24.8 Å². The smallest absolute Gasteiger partial charge is 0.251 e. The van der Waals surface area contributed by atoms with Crippen LogP contribution in [0.5, 0.6) is 0 Å². The Hall–Kier alpha value is -3.29. The van der Waals surface area contributed by atoms with E-state index in [2.05, 4.69) is 20.3 Å². The topological polar surface area (TPSA) is 125 Å². The van der Waals surface area contributed by atoms with E-state index in [-0.39, 0.29) is 30.6 Å². The SMILES string of the molecule is CC1(CNC(=O)CF)COC(c2ncc(-c3ccnc(S(C)(=O)=O)n3)n2-c2ccc(F)cc2)OC1. The normalized spacial score (nSPS) is 20.5. The number of carbonyl (C=O) groups is 1. The van der Waals surface area contributed by atoms with Gasteiger partial charge in [-0.05, 0) is 30.3 Å². The Bertz CT molecular complexity index is 1320. The summed E-state index contributed by atoms with van der Waals surface area (Å²) in [5.41, 5.74) is 0.617. The monoisotopic (exact) mass is 507 g/mol. The number of aromatic nitrogens is 4. The lowest BCUT2D eigenvalue weighted by Gasteiger charge is -2.37. The second-order valence-electron chi connectivity index (χ2n) is 8.49. The van der Waals surface area contributed by atoms with Crippen LogP contribution in [0.15, 0.2) is 47.9 Å². The van der Waals surface area contributed by atoms with Crippen LogP contribution < -0.4 is 5.32 Å². The van der Waals surface area contributed by atoms with Gasteiger partial charge in [-0.3, -0.25) is 9.36 Å². The van der Waals surface area contributed by atoms with Gasteiger partial charge in [0.05, 0.1) is 30.8 Å². The maximum atomic E-state index is 13.6. The molecule has 13 heteroatoms. The number of rotatable bonds is 7. The Kier molecular flexibility index (Phi) is 6.92. The molecule has 1 N–H and O–H groups in total. The number of alkyl halides is 1. The van der Waals surface area contributed by atoms with E-state index in [1.807, 2.05) is 6.92 Å². The lowest BCUT2D eigenvalue weighted by Crippen LogP contribution is -2.45. The van der Waals surface area contributed by atoms with Crippen LogP contribution in [0, 0.1) is 11.2 Å². The zero-order valence-corrected chi connectivity index (χ0v) is 19.8. The second-order valence-corrected chi connectivity index (χ2v) is 10.4.